The minimum absolute atomic E-state index is 0.127. The minimum Gasteiger partial charge on any atom is -0.435 e. The highest BCUT2D eigenvalue weighted by atomic mass is 19.1. The molecule has 3 aromatic rings. The Morgan fingerprint density at radius 3 is 2.61 bits per heavy atom. The summed E-state index contributed by atoms with van der Waals surface area (Å²) < 4.78 is 36.5. The van der Waals surface area contributed by atoms with Gasteiger partial charge in [-0.25, -0.2) is 19.3 Å². The summed E-state index contributed by atoms with van der Waals surface area (Å²) in [6.07, 6.45) is 1.53. The molecule has 0 bridgehead atoms. The van der Waals surface area contributed by atoms with E-state index in [0.717, 1.165) is 6.42 Å². The molecule has 0 aliphatic carbocycles. The lowest BCUT2D eigenvalue weighted by molar-refractivity contribution is -0.236. The van der Waals surface area contributed by atoms with E-state index in [9.17, 15) is 9.18 Å². The van der Waals surface area contributed by atoms with Gasteiger partial charge in [0, 0.05) is 32.0 Å². The highest BCUT2D eigenvalue weighted by Crippen LogP contribution is 2.37. The van der Waals surface area contributed by atoms with Crippen molar-refractivity contribution in [1.82, 2.24) is 20.3 Å². The van der Waals surface area contributed by atoms with Crippen LogP contribution in [0.25, 0.3) is 22.7 Å². The normalized spacial score (nSPS) is 19.7. The molecule has 10 nitrogen and oxygen atoms in total. The molecule has 2 aromatic heterocycles. The number of anilines is 1. The van der Waals surface area contributed by atoms with Gasteiger partial charge in [-0.3, -0.25) is 4.79 Å². The number of carbonyl (C=O) groups is 1. The number of nitrogens with zero attached hydrogens (tertiary/aromatic N) is 3. The number of carbonyl (C=O) groups excluding carboxylic acids is 1. The van der Waals surface area contributed by atoms with Crippen LogP contribution in [0.1, 0.15) is 32.4 Å². The zero-order chi connectivity index (χ0) is 25.5. The molecule has 0 unspecified atom stereocenters. The van der Waals surface area contributed by atoms with Crippen molar-refractivity contribution in [2.75, 3.05) is 45.3 Å². The zero-order valence-corrected chi connectivity index (χ0v) is 20.5. The van der Waals surface area contributed by atoms with Crippen molar-refractivity contribution in [1.29, 1.82) is 0 Å². The van der Waals surface area contributed by atoms with Crippen LogP contribution in [-0.4, -0.2) is 60.9 Å². The Labute approximate surface area is 208 Å². The first-order chi connectivity index (χ1) is 17.4. The molecular weight excluding hydrogens is 469 g/mol. The molecule has 1 saturated heterocycles. The maximum absolute atomic E-state index is 13.6. The molecule has 1 amide bonds. The lowest BCUT2D eigenvalue weighted by atomic mass is 9.91. The Balaban J connectivity index is 1.61. The van der Waals surface area contributed by atoms with E-state index in [-0.39, 0.29) is 30.8 Å². The van der Waals surface area contributed by atoms with Crippen LogP contribution >= 0.6 is 0 Å². The predicted octanol–water partition coefficient (Wildman–Crippen LogP) is 3.57. The van der Waals surface area contributed by atoms with Gasteiger partial charge >= 0.3 is 0 Å². The Morgan fingerprint density at radius 1 is 1.17 bits per heavy atom. The standard InChI is InChI=1S/C25H30FN5O5/c1-4-10-27-23(32)25(2)14-34-22(35-15-25)21-31-19(20(36-21)16-5-7-17(26)8-6-16)18-9-11-28-24(30-18)29-12-13-33-3/h5-9,11,22H,4,10,12-15H2,1-3H3,(H,27,32)(H,28,29,30). The van der Waals surface area contributed by atoms with E-state index in [0.29, 0.717) is 48.4 Å². The third-order valence-corrected chi connectivity index (χ3v) is 5.63. The van der Waals surface area contributed by atoms with Crippen LogP contribution in [0.2, 0.25) is 0 Å². The number of rotatable bonds is 10. The maximum atomic E-state index is 13.6. The summed E-state index contributed by atoms with van der Waals surface area (Å²) in [5, 5.41) is 5.97. The molecule has 4 rings (SSSR count). The fourth-order valence-electron chi connectivity index (χ4n) is 3.58. The van der Waals surface area contributed by atoms with E-state index in [1.807, 2.05) is 6.92 Å². The molecule has 1 aromatic carbocycles. The number of hydrogen-bond acceptors (Lipinski definition) is 9. The maximum Gasteiger partial charge on any atom is 0.253 e. The SMILES string of the molecule is CCCNC(=O)C1(C)COC(c2nc(-c3ccnc(NCCOC)n3)c(-c3ccc(F)cc3)o2)OC1. The summed E-state index contributed by atoms with van der Waals surface area (Å²) in [6.45, 7) is 5.66. The first-order valence-corrected chi connectivity index (χ1v) is 11.8. The second kappa shape index (κ2) is 11.5. The fraction of sp³-hybridized carbons (Fsp3) is 0.440. The Hall–Kier alpha value is -3.41. The first-order valence-electron chi connectivity index (χ1n) is 11.8. The molecule has 36 heavy (non-hydrogen) atoms. The molecule has 192 valence electrons. The third kappa shape index (κ3) is 5.86. The second-order valence-corrected chi connectivity index (χ2v) is 8.69. The summed E-state index contributed by atoms with van der Waals surface area (Å²) >= 11 is 0. The van der Waals surface area contributed by atoms with Gasteiger partial charge in [0.05, 0.1) is 30.9 Å². The molecule has 0 spiro atoms. The number of ether oxygens (including phenoxy) is 3. The van der Waals surface area contributed by atoms with Gasteiger partial charge in [0.25, 0.3) is 5.89 Å². The quantitative estimate of drug-likeness (QED) is 0.403. The number of nitrogens with one attached hydrogen (secondary N) is 2. The Morgan fingerprint density at radius 2 is 1.92 bits per heavy atom. The lowest BCUT2D eigenvalue weighted by Gasteiger charge is -2.34. The average Bonchev–Trinajstić information content (AvgIpc) is 3.34. The van der Waals surface area contributed by atoms with Crippen molar-refractivity contribution >= 4 is 11.9 Å². The van der Waals surface area contributed by atoms with Crippen molar-refractivity contribution < 1.29 is 27.8 Å². The number of aromatic nitrogens is 3. The lowest BCUT2D eigenvalue weighted by Crippen LogP contribution is -2.48. The average molecular weight is 500 g/mol. The van der Waals surface area contributed by atoms with E-state index in [1.165, 1.54) is 12.1 Å². The summed E-state index contributed by atoms with van der Waals surface area (Å²) in [5.41, 5.74) is 0.710. The van der Waals surface area contributed by atoms with Gasteiger partial charge < -0.3 is 29.3 Å². The summed E-state index contributed by atoms with van der Waals surface area (Å²) in [7, 11) is 1.61. The number of hydrogen-bond donors (Lipinski definition) is 2. The topological polar surface area (TPSA) is 121 Å². The number of benzene rings is 1. The summed E-state index contributed by atoms with van der Waals surface area (Å²) in [4.78, 5) is 25.9. The summed E-state index contributed by atoms with van der Waals surface area (Å²) in [5.74, 6) is 0.461. The Kier molecular flexibility index (Phi) is 8.24. The van der Waals surface area contributed by atoms with Crippen molar-refractivity contribution in [2.45, 2.75) is 26.6 Å². The second-order valence-electron chi connectivity index (χ2n) is 8.69. The molecule has 1 aliphatic heterocycles. The monoisotopic (exact) mass is 499 g/mol. The van der Waals surface area contributed by atoms with Crippen LogP contribution in [0, 0.1) is 11.2 Å². The molecule has 11 heteroatoms. The fourth-order valence-corrected chi connectivity index (χ4v) is 3.58. The number of oxazole rings is 1. The van der Waals surface area contributed by atoms with Gasteiger partial charge in [-0.2, -0.15) is 0 Å². The predicted molar refractivity (Wildman–Crippen MR) is 129 cm³/mol. The van der Waals surface area contributed by atoms with Gasteiger partial charge in [0.15, 0.2) is 5.76 Å². The minimum atomic E-state index is -0.911. The molecular formula is C25H30FN5O5. The van der Waals surface area contributed by atoms with Crippen molar-refractivity contribution in [3.05, 3.63) is 48.2 Å². The molecule has 0 saturated carbocycles. The van der Waals surface area contributed by atoms with E-state index < -0.39 is 11.7 Å². The molecule has 1 fully saturated rings. The first kappa shape index (κ1) is 25.7. The van der Waals surface area contributed by atoms with Gasteiger partial charge in [-0.15, -0.1) is 0 Å². The highest BCUT2D eigenvalue weighted by Gasteiger charge is 2.41. The van der Waals surface area contributed by atoms with Crippen LogP contribution in [0.4, 0.5) is 10.3 Å². The smallest absolute Gasteiger partial charge is 0.253 e. The molecule has 3 heterocycles. The van der Waals surface area contributed by atoms with Gasteiger partial charge in [0.1, 0.15) is 11.5 Å². The van der Waals surface area contributed by atoms with E-state index >= 15 is 0 Å². The Bertz CT molecular complexity index is 1160. The van der Waals surface area contributed by atoms with Crippen LogP contribution < -0.4 is 10.6 Å². The van der Waals surface area contributed by atoms with Gasteiger partial charge in [-0.1, -0.05) is 6.92 Å². The van der Waals surface area contributed by atoms with Crippen molar-refractivity contribution in [3.8, 4) is 22.7 Å². The number of halogens is 1. The van der Waals surface area contributed by atoms with E-state index in [4.69, 9.17) is 18.6 Å². The van der Waals surface area contributed by atoms with Crippen LogP contribution in [0.3, 0.4) is 0 Å². The van der Waals surface area contributed by atoms with Crippen LogP contribution in [0.5, 0.6) is 0 Å². The largest absolute Gasteiger partial charge is 0.435 e. The van der Waals surface area contributed by atoms with E-state index in [2.05, 4.69) is 25.6 Å². The molecule has 0 atom stereocenters. The molecule has 2 N–H and O–H groups in total. The number of amides is 1. The third-order valence-electron chi connectivity index (χ3n) is 5.63. The molecule has 0 radical (unpaired) electrons. The van der Waals surface area contributed by atoms with Gasteiger partial charge in [-0.05, 0) is 43.7 Å². The van der Waals surface area contributed by atoms with Crippen molar-refractivity contribution in [2.24, 2.45) is 5.41 Å². The number of methoxy groups -OCH3 is 1. The van der Waals surface area contributed by atoms with Crippen LogP contribution in [-0.2, 0) is 19.0 Å². The zero-order valence-electron chi connectivity index (χ0n) is 20.5. The molecule has 1 aliphatic rings. The van der Waals surface area contributed by atoms with Crippen molar-refractivity contribution in [3.63, 3.8) is 0 Å². The van der Waals surface area contributed by atoms with Gasteiger partial charge in [0.2, 0.25) is 18.1 Å². The summed E-state index contributed by atoms with van der Waals surface area (Å²) in [6, 6.07) is 7.58. The van der Waals surface area contributed by atoms with Crippen LogP contribution in [0.15, 0.2) is 40.9 Å². The van der Waals surface area contributed by atoms with E-state index in [1.54, 1.807) is 38.4 Å². The highest BCUT2D eigenvalue weighted by molar-refractivity contribution is 5.82.